The van der Waals surface area contributed by atoms with Gasteiger partial charge in [-0.2, -0.15) is 5.10 Å². The highest BCUT2D eigenvalue weighted by atomic mass is 16.5. The van der Waals surface area contributed by atoms with Gasteiger partial charge in [-0.05, 0) is 12.5 Å². The van der Waals surface area contributed by atoms with E-state index >= 15 is 0 Å². The normalized spacial score (nSPS) is 9.82. The van der Waals surface area contributed by atoms with Crippen LogP contribution in [-0.2, 0) is 16.1 Å². The number of methoxy groups -OCH3 is 2. The minimum Gasteiger partial charge on any atom is -0.494 e. The van der Waals surface area contributed by atoms with E-state index in [0.717, 1.165) is 4.68 Å². The van der Waals surface area contributed by atoms with Crippen LogP contribution < -0.4 is 10.3 Å². The van der Waals surface area contributed by atoms with E-state index in [4.69, 9.17) is 4.74 Å². The second-order valence-electron chi connectivity index (χ2n) is 3.41. The number of ether oxygens (including phenoxy) is 2. The van der Waals surface area contributed by atoms with E-state index in [1.807, 2.05) is 0 Å². The van der Waals surface area contributed by atoms with Crippen molar-refractivity contribution in [3.63, 3.8) is 0 Å². The lowest BCUT2D eigenvalue weighted by atomic mass is 10.2. The largest absolute Gasteiger partial charge is 0.494 e. The molecule has 1 heterocycles. The Labute approximate surface area is 98.5 Å². The van der Waals surface area contributed by atoms with Crippen molar-refractivity contribution in [2.24, 2.45) is 0 Å². The molecular formula is C11H14N2O4. The molecule has 6 heteroatoms. The maximum atomic E-state index is 11.6. The van der Waals surface area contributed by atoms with Crippen molar-refractivity contribution in [2.45, 2.75) is 13.5 Å². The molecule has 0 aliphatic carbocycles. The first-order valence-corrected chi connectivity index (χ1v) is 4.88. The molecule has 0 fully saturated rings. The summed E-state index contributed by atoms with van der Waals surface area (Å²) in [6, 6.07) is 1.26. The van der Waals surface area contributed by atoms with Gasteiger partial charge in [-0.1, -0.05) is 6.58 Å². The monoisotopic (exact) mass is 238 g/mol. The van der Waals surface area contributed by atoms with Crippen LogP contribution in [-0.4, -0.2) is 30.0 Å². The van der Waals surface area contributed by atoms with Crippen LogP contribution >= 0.6 is 0 Å². The van der Waals surface area contributed by atoms with Crippen LogP contribution in [0.5, 0.6) is 5.75 Å². The molecule has 0 aliphatic rings. The smallest absolute Gasteiger partial charge is 0.327 e. The summed E-state index contributed by atoms with van der Waals surface area (Å²) in [6.07, 6.45) is 0. The van der Waals surface area contributed by atoms with Crippen LogP contribution in [0.1, 0.15) is 12.6 Å². The second-order valence-corrected chi connectivity index (χ2v) is 3.41. The van der Waals surface area contributed by atoms with Crippen molar-refractivity contribution in [3.8, 4) is 5.75 Å². The number of hydrogen-bond donors (Lipinski definition) is 0. The highest BCUT2D eigenvalue weighted by Gasteiger charge is 2.12. The predicted octanol–water partition coefficient (Wildman–Crippen LogP) is 0.458. The van der Waals surface area contributed by atoms with Gasteiger partial charge in [0, 0.05) is 6.07 Å². The third-order valence-corrected chi connectivity index (χ3v) is 2.09. The van der Waals surface area contributed by atoms with Gasteiger partial charge < -0.3 is 9.47 Å². The van der Waals surface area contributed by atoms with E-state index < -0.39 is 11.5 Å². The number of allylic oxidation sites excluding steroid dienone is 1. The molecule has 0 saturated heterocycles. The minimum absolute atomic E-state index is 0.237. The summed E-state index contributed by atoms with van der Waals surface area (Å²) < 4.78 is 10.5. The Morgan fingerprint density at radius 2 is 2.18 bits per heavy atom. The zero-order valence-electron chi connectivity index (χ0n) is 10.0. The van der Waals surface area contributed by atoms with E-state index in [1.54, 1.807) is 6.92 Å². The highest BCUT2D eigenvalue weighted by molar-refractivity contribution is 5.69. The first-order chi connectivity index (χ1) is 7.99. The SMILES string of the molecule is C=C(C)c1nn(CC(=O)OC)c(=O)cc1OC. The fourth-order valence-electron chi connectivity index (χ4n) is 1.23. The summed E-state index contributed by atoms with van der Waals surface area (Å²) in [5.74, 6) is -0.207. The number of aromatic nitrogens is 2. The number of carbonyl (C=O) groups is 1. The molecule has 0 N–H and O–H groups in total. The molecule has 17 heavy (non-hydrogen) atoms. The van der Waals surface area contributed by atoms with Gasteiger partial charge in [0.05, 0.1) is 14.2 Å². The number of nitrogens with zero attached hydrogens (tertiary/aromatic N) is 2. The van der Waals surface area contributed by atoms with Gasteiger partial charge >= 0.3 is 5.97 Å². The summed E-state index contributed by atoms with van der Waals surface area (Å²) in [4.78, 5) is 22.7. The van der Waals surface area contributed by atoms with Crippen molar-refractivity contribution in [3.05, 3.63) is 28.7 Å². The summed E-state index contributed by atoms with van der Waals surface area (Å²) in [5.41, 5.74) is 0.647. The van der Waals surface area contributed by atoms with Crippen molar-refractivity contribution in [2.75, 3.05) is 14.2 Å². The van der Waals surface area contributed by atoms with E-state index in [9.17, 15) is 9.59 Å². The average molecular weight is 238 g/mol. The third kappa shape index (κ3) is 2.93. The molecule has 0 atom stereocenters. The van der Waals surface area contributed by atoms with E-state index in [0.29, 0.717) is 17.0 Å². The summed E-state index contributed by atoms with van der Waals surface area (Å²) in [5, 5.41) is 4.01. The van der Waals surface area contributed by atoms with Crippen molar-refractivity contribution < 1.29 is 14.3 Å². The lowest BCUT2D eigenvalue weighted by Gasteiger charge is -2.09. The van der Waals surface area contributed by atoms with Gasteiger partial charge in [-0.15, -0.1) is 0 Å². The molecule has 6 nitrogen and oxygen atoms in total. The summed E-state index contributed by atoms with van der Waals surface area (Å²) >= 11 is 0. The Morgan fingerprint density at radius 3 is 2.65 bits per heavy atom. The van der Waals surface area contributed by atoms with Gasteiger partial charge in [-0.3, -0.25) is 9.59 Å². The fourth-order valence-corrected chi connectivity index (χ4v) is 1.23. The zero-order valence-corrected chi connectivity index (χ0v) is 10.0. The van der Waals surface area contributed by atoms with Crippen LogP contribution in [0.2, 0.25) is 0 Å². The predicted molar refractivity (Wildman–Crippen MR) is 61.8 cm³/mol. The molecule has 0 aromatic carbocycles. The summed E-state index contributed by atoms with van der Waals surface area (Å²) in [6.45, 7) is 5.23. The molecule has 0 spiro atoms. The number of esters is 1. The standard InChI is InChI=1S/C11H14N2O4/c1-7(2)11-8(16-3)5-9(14)13(12-11)6-10(15)17-4/h5H,1,6H2,2-4H3. The summed E-state index contributed by atoms with van der Waals surface area (Å²) in [7, 11) is 2.68. The molecule has 1 aromatic heterocycles. The van der Waals surface area contributed by atoms with Crippen LogP contribution in [0.25, 0.3) is 5.57 Å². The number of hydrogen-bond acceptors (Lipinski definition) is 5. The second kappa shape index (κ2) is 5.29. The van der Waals surface area contributed by atoms with Gasteiger partial charge in [-0.25, -0.2) is 4.68 Å². The topological polar surface area (TPSA) is 70.4 Å². The van der Waals surface area contributed by atoms with Crippen LogP contribution in [0.4, 0.5) is 0 Å². The number of carbonyl (C=O) groups excluding carboxylic acids is 1. The number of rotatable bonds is 4. The Bertz CT molecular complexity index is 505. The first-order valence-electron chi connectivity index (χ1n) is 4.88. The molecule has 0 aliphatic heterocycles. The van der Waals surface area contributed by atoms with Crippen molar-refractivity contribution in [1.29, 1.82) is 0 Å². The molecule has 0 bridgehead atoms. The molecule has 0 radical (unpaired) electrons. The Hall–Kier alpha value is -2.11. The fraction of sp³-hybridized carbons (Fsp3) is 0.364. The molecule has 0 saturated carbocycles. The van der Waals surface area contributed by atoms with Crippen molar-refractivity contribution in [1.82, 2.24) is 9.78 Å². The van der Waals surface area contributed by atoms with E-state index in [1.165, 1.54) is 20.3 Å². The molecular weight excluding hydrogens is 224 g/mol. The Balaban J connectivity index is 3.24. The van der Waals surface area contributed by atoms with Gasteiger partial charge in [0.25, 0.3) is 5.56 Å². The van der Waals surface area contributed by atoms with E-state index in [-0.39, 0.29) is 6.54 Å². The highest BCUT2D eigenvalue weighted by Crippen LogP contribution is 2.19. The van der Waals surface area contributed by atoms with Gasteiger partial charge in [0.1, 0.15) is 12.2 Å². The molecule has 0 unspecified atom stereocenters. The maximum absolute atomic E-state index is 11.6. The lowest BCUT2D eigenvalue weighted by molar-refractivity contribution is -0.141. The third-order valence-electron chi connectivity index (χ3n) is 2.09. The van der Waals surface area contributed by atoms with Crippen LogP contribution in [0.15, 0.2) is 17.4 Å². The average Bonchev–Trinajstić information content (AvgIpc) is 2.30. The first kappa shape index (κ1) is 13.0. The minimum atomic E-state index is -0.544. The van der Waals surface area contributed by atoms with Crippen LogP contribution in [0.3, 0.4) is 0 Å². The Kier molecular flexibility index (Phi) is 4.03. The lowest BCUT2D eigenvalue weighted by Crippen LogP contribution is -2.27. The molecule has 0 amide bonds. The Morgan fingerprint density at radius 1 is 1.53 bits per heavy atom. The molecule has 92 valence electrons. The molecule has 1 rings (SSSR count). The van der Waals surface area contributed by atoms with Crippen LogP contribution in [0, 0.1) is 0 Å². The van der Waals surface area contributed by atoms with Crippen molar-refractivity contribution >= 4 is 11.5 Å². The van der Waals surface area contributed by atoms with Gasteiger partial charge in [0.2, 0.25) is 0 Å². The van der Waals surface area contributed by atoms with E-state index in [2.05, 4.69) is 16.4 Å². The maximum Gasteiger partial charge on any atom is 0.327 e. The van der Waals surface area contributed by atoms with Gasteiger partial charge in [0.15, 0.2) is 5.75 Å². The quantitative estimate of drug-likeness (QED) is 0.712. The molecule has 1 aromatic rings. The zero-order chi connectivity index (χ0) is 13.0.